The maximum Gasteiger partial charge on any atom is 0.283 e. The number of thiophene rings is 1. The van der Waals surface area contributed by atoms with Gasteiger partial charge in [-0.1, -0.05) is 6.07 Å². The van der Waals surface area contributed by atoms with Crippen molar-refractivity contribution in [3.8, 4) is 0 Å². The third-order valence-electron chi connectivity index (χ3n) is 3.89. The smallest absolute Gasteiger partial charge is 0.283 e. The predicted molar refractivity (Wildman–Crippen MR) is 87.9 cm³/mol. The molecule has 3 N–H and O–H groups in total. The molecule has 0 aliphatic carbocycles. The second-order valence-electron chi connectivity index (χ2n) is 5.50. The second kappa shape index (κ2) is 6.16. The average molecular weight is 337 g/mol. The molecule has 4 nitrogen and oxygen atoms in total. The highest BCUT2D eigenvalue weighted by Crippen LogP contribution is 2.37. The Kier molecular flexibility index (Phi) is 4.21. The molecule has 2 atom stereocenters. The zero-order valence-corrected chi connectivity index (χ0v) is 13.4. The lowest BCUT2D eigenvalue weighted by Gasteiger charge is -2.33. The van der Waals surface area contributed by atoms with E-state index < -0.39 is 17.5 Å². The monoisotopic (exact) mass is 337 g/mol. The van der Waals surface area contributed by atoms with E-state index in [-0.39, 0.29) is 18.2 Å². The van der Waals surface area contributed by atoms with Crippen LogP contribution in [0.5, 0.6) is 0 Å². The van der Waals surface area contributed by atoms with Gasteiger partial charge in [0.2, 0.25) is 0 Å². The molecule has 7 heteroatoms. The third-order valence-corrected chi connectivity index (χ3v) is 4.76. The molecule has 0 saturated heterocycles. The predicted octanol–water partition coefficient (Wildman–Crippen LogP) is 3.40. The highest BCUT2D eigenvalue weighted by atomic mass is 32.1. The van der Waals surface area contributed by atoms with Gasteiger partial charge in [0.1, 0.15) is 18.0 Å². The fourth-order valence-electron chi connectivity index (χ4n) is 2.51. The number of alkyl halides is 1. The lowest BCUT2D eigenvalue weighted by molar-refractivity contribution is 0.0923. The highest BCUT2D eigenvalue weighted by molar-refractivity contribution is 7.09. The van der Waals surface area contributed by atoms with E-state index in [1.54, 1.807) is 23.5 Å². The summed E-state index contributed by atoms with van der Waals surface area (Å²) in [6, 6.07) is 8.35. The normalized spacial score (nSPS) is 24.0. The number of rotatable bonds is 4. The van der Waals surface area contributed by atoms with Crippen LogP contribution in [0.25, 0.3) is 0 Å². The van der Waals surface area contributed by atoms with E-state index in [1.165, 1.54) is 13.0 Å². The zero-order chi connectivity index (χ0) is 16.4. The van der Waals surface area contributed by atoms with Crippen molar-refractivity contribution in [2.24, 2.45) is 10.7 Å². The minimum atomic E-state index is -1.48. The Bertz CT molecular complexity index is 720. The largest absolute Gasteiger partial charge is 0.462 e. The number of ether oxygens (including phenoxy) is 1. The molecule has 0 fully saturated rings. The molecular weight excluding hydrogens is 320 g/mol. The molecule has 0 saturated carbocycles. The number of nitrogens with two attached hydrogens (primary N) is 1. The van der Waals surface area contributed by atoms with Crippen LogP contribution < -0.4 is 11.1 Å². The van der Waals surface area contributed by atoms with E-state index in [4.69, 9.17) is 10.5 Å². The summed E-state index contributed by atoms with van der Waals surface area (Å²) in [6.07, 6.45) is -1.48. The van der Waals surface area contributed by atoms with Gasteiger partial charge in [-0.05, 0) is 36.6 Å². The van der Waals surface area contributed by atoms with Gasteiger partial charge in [0.15, 0.2) is 6.17 Å². The Morgan fingerprint density at radius 2 is 2.30 bits per heavy atom. The molecule has 3 rings (SSSR count). The molecule has 0 spiro atoms. The van der Waals surface area contributed by atoms with E-state index in [2.05, 4.69) is 10.3 Å². The van der Waals surface area contributed by atoms with E-state index in [9.17, 15) is 8.78 Å². The first-order valence-electron chi connectivity index (χ1n) is 7.17. The van der Waals surface area contributed by atoms with Gasteiger partial charge >= 0.3 is 0 Å². The summed E-state index contributed by atoms with van der Waals surface area (Å²) in [5.41, 5.74) is 5.01. The van der Waals surface area contributed by atoms with Crippen molar-refractivity contribution < 1.29 is 13.5 Å². The van der Waals surface area contributed by atoms with Gasteiger partial charge in [0.25, 0.3) is 6.02 Å². The van der Waals surface area contributed by atoms with Gasteiger partial charge in [0.05, 0.1) is 0 Å². The van der Waals surface area contributed by atoms with Crippen molar-refractivity contribution in [1.29, 1.82) is 0 Å². The van der Waals surface area contributed by atoms with Crippen LogP contribution in [0.2, 0.25) is 0 Å². The molecule has 122 valence electrons. The van der Waals surface area contributed by atoms with Gasteiger partial charge in [-0.3, -0.25) is 0 Å². The van der Waals surface area contributed by atoms with Crippen molar-refractivity contribution in [2.45, 2.75) is 25.2 Å². The molecule has 23 heavy (non-hydrogen) atoms. The van der Waals surface area contributed by atoms with E-state index in [0.29, 0.717) is 12.2 Å². The Hall–Kier alpha value is -2.15. The Labute approximate surface area is 137 Å². The molecule has 1 aromatic carbocycles. The number of hydrogen-bond donors (Lipinski definition) is 2. The average Bonchev–Trinajstić information content (AvgIpc) is 3.04. The van der Waals surface area contributed by atoms with Gasteiger partial charge in [-0.15, -0.1) is 11.3 Å². The third kappa shape index (κ3) is 3.14. The number of nitrogens with one attached hydrogen (secondary N) is 1. The zero-order valence-electron chi connectivity index (χ0n) is 12.6. The second-order valence-corrected chi connectivity index (χ2v) is 6.54. The summed E-state index contributed by atoms with van der Waals surface area (Å²) in [6.45, 7) is 1.90. The molecular formula is C16H17F2N3OS. The fourth-order valence-corrected chi connectivity index (χ4v) is 3.15. The van der Waals surface area contributed by atoms with Gasteiger partial charge in [0, 0.05) is 22.7 Å². The van der Waals surface area contributed by atoms with E-state index in [0.717, 1.165) is 4.88 Å². The summed E-state index contributed by atoms with van der Waals surface area (Å²) in [5, 5.41) is 5.19. The number of halogens is 2. The minimum absolute atomic E-state index is 0.127. The first-order valence-corrected chi connectivity index (χ1v) is 8.05. The number of nitrogens with zero attached hydrogens (tertiary/aromatic N) is 1. The summed E-state index contributed by atoms with van der Waals surface area (Å²) >= 11 is 1.63. The van der Waals surface area contributed by atoms with E-state index in [1.807, 2.05) is 17.5 Å². The summed E-state index contributed by atoms with van der Waals surface area (Å²) in [5.74, 6) is -0.518. The quantitative estimate of drug-likeness (QED) is 0.899. The van der Waals surface area contributed by atoms with Crippen molar-refractivity contribution in [1.82, 2.24) is 0 Å². The fraction of sp³-hybridized carbons (Fsp3) is 0.312. The number of amidine groups is 1. The SMILES string of the molecule is C[C@]1(c2cc(NCc3cccs3)ccc2F)N=C(N)OC[C@@H]1F. The number of hydrogen-bond acceptors (Lipinski definition) is 5. The molecule has 0 unspecified atom stereocenters. The number of anilines is 1. The standard InChI is InChI=1S/C16H17F2N3OS/c1-16(14(18)9-22-15(19)21-16)12-7-10(4-5-13(12)17)20-8-11-3-2-6-23-11/h2-7,14,20H,8-9H2,1H3,(H2,19,21)/t14-,16+/m0/s1. The van der Waals surface area contributed by atoms with Crippen LogP contribution in [0.3, 0.4) is 0 Å². The van der Waals surface area contributed by atoms with Gasteiger partial charge in [-0.2, -0.15) is 0 Å². The lowest BCUT2D eigenvalue weighted by atomic mass is 9.86. The molecule has 2 aromatic rings. The highest BCUT2D eigenvalue weighted by Gasteiger charge is 2.42. The Morgan fingerprint density at radius 1 is 1.48 bits per heavy atom. The molecule has 0 radical (unpaired) electrons. The molecule has 1 aliphatic heterocycles. The van der Waals surface area contributed by atoms with Crippen LogP contribution >= 0.6 is 11.3 Å². The Morgan fingerprint density at radius 3 is 3.04 bits per heavy atom. The number of aliphatic imine (C=N–C) groups is 1. The number of benzene rings is 1. The molecule has 0 amide bonds. The summed E-state index contributed by atoms with van der Waals surface area (Å²) < 4.78 is 33.5. The van der Waals surface area contributed by atoms with Crippen LogP contribution in [0.1, 0.15) is 17.4 Å². The van der Waals surface area contributed by atoms with Crippen molar-refractivity contribution in [3.63, 3.8) is 0 Å². The maximum atomic E-state index is 14.3. The van der Waals surface area contributed by atoms with Crippen LogP contribution in [0, 0.1) is 5.82 Å². The van der Waals surface area contributed by atoms with Gasteiger partial charge < -0.3 is 15.8 Å². The van der Waals surface area contributed by atoms with Crippen molar-refractivity contribution in [3.05, 3.63) is 52.0 Å². The minimum Gasteiger partial charge on any atom is -0.462 e. The molecule has 0 bridgehead atoms. The first-order chi connectivity index (χ1) is 11.0. The first kappa shape index (κ1) is 15.7. The molecule has 1 aliphatic rings. The maximum absolute atomic E-state index is 14.3. The summed E-state index contributed by atoms with van der Waals surface area (Å²) in [7, 11) is 0. The van der Waals surface area contributed by atoms with Crippen molar-refractivity contribution >= 4 is 23.0 Å². The van der Waals surface area contributed by atoms with Crippen LogP contribution in [-0.2, 0) is 16.8 Å². The van der Waals surface area contributed by atoms with Crippen LogP contribution in [-0.4, -0.2) is 18.8 Å². The Balaban J connectivity index is 1.89. The van der Waals surface area contributed by atoms with Crippen LogP contribution in [0.4, 0.5) is 14.5 Å². The molecule has 1 aromatic heterocycles. The van der Waals surface area contributed by atoms with Crippen LogP contribution in [0.15, 0.2) is 40.7 Å². The lowest BCUT2D eigenvalue weighted by Crippen LogP contribution is -2.43. The molecule has 2 heterocycles. The summed E-state index contributed by atoms with van der Waals surface area (Å²) in [4.78, 5) is 5.16. The van der Waals surface area contributed by atoms with Gasteiger partial charge in [-0.25, -0.2) is 13.8 Å². The van der Waals surface area contributed by atoms with Crippen molar-refractivity contribution in [2.75, 3.05) is 11.9 Å². The van der Waals surface area contributed by atoms with E-state index >= 15 is 0 Å². The topological polar surface area (TPSA) is 59.6 Å².